The average Bonchev–Trinajstić information content (AvgIpc) is 2.45. The molecule has 0 spiro atoms. The van der Waals surface area contributed by atoms with E-state index in [1.54, 1.807) is 18.3 Å². The van der Waals surface area contributed by atoms with Crippen LogP contribution in [0.1, 0.15) is 23.6 Å². The molecule has 110 valence electrons. The number of nitrogens with two attached hydrogens (primary N) is 1. The van der Waals surface area contributed by atoms with Crippen LogP contribution in [0.3, 0.4) is 0 Å². The van der Waals surface area contributed by atoms with Crippen LogP contribution in [0.25, 0.3) is 0 Å². The number of nitrogens with zero attached hydrogens (tertiary/aromatic N) is 1. The van der Waals surface area contributed by atoms with Gasteiger partial charge in [-0.1, -0.05) is 6.07 Å². The van der Waals surface area contributed by atoms with Gasteiger partial charge in [-0.15, -0.1) is 0 Å². The van der Waals surface area contributed by atoms with E-state index in [1.807, 2.05) is 39.0 Å². The molecule has 0 fully saturated rings. The maximum absolute atomic E-state index is 10.1. The summed E-state index contributed by atoms with van der Waals surface area (Å²) in [5, 5.41) is 10.1. The number of ether oxygens (including phenoxy) is 1. The van der Waals surface area contributed by atoms with Gasteiger partial charge in [0.25, 0.3) is 0 Å². The van der Waals surface area contributed by atoms with Gasteiger partial charge >= 0.3 is 0 Å². The molecule has 0 aliphatic heterocycles. The molecular formula is C17H20N2O2. The van der Waals surface area contributed by atoms with Crippen LogP contribution in [0.4, 0.5) is 11.4 Å². The zero-order valence-electron chi connectivity index (χ0n) is 12.6. The average molecular weight is 284 g/mol. The van der Waals surface area contributed by atoms with Crippen molar-refractivity contribution in [3.05, 3.63) is 47.0 Å². The van der Waals surface area contributed by atoms with E-state index < -0.39 is 0 Å². The van der Waals surface area contributed by atoms with Crippen LogP contribution < -0.4 is 10.5 Å². The molecule has 0 bridgehead atoms. The lowest BCUT2D eigenvalue weighted by atomic mass is 10.1. The van der Waals surface area contributed by atoms with E-state index in [-0.39, 0.29) is 5.75 Å². The topological polar surface area (TPSA) is 67.8 Å². The van der Waals surface area contributed by atoms with Crippen LogP contribution in [0.2, 0.25) is 0 Å². The molecule has 2 rings (SSSR count). The number of aliphatic imine (C=N–C) groups is 1. The summed E-state index contributed by atoms with van der Waals surface area (Å²) in [6.07, 6.45) is 1.60. The molecule has 21 heavy (non-hydrogen) atoms. The van der Waals surface area contributed by atoms with E-state index in [2.05, 4.69) is 4.99 Å². The summed E-state index contributed by atoms with van der Waals surface area (Å²) < 4.78 is 5.35. The van der Waals surface area contributed by atoms with E-state index >= 15 is 0 Å². The highest BCUT2D eigenvalue weighted by atomic mass is 16.5. The van der Waals surface area contributed by atoms with Crippen molar-refractivity contribution in [2.75, 3.05) is 12.3 Å². The Labute approximate surface area is 124 Å². The largest absolute Gasteiger partial charge is 0.504 e. The van der Waals surface area contributed by atoms with Gasteiger partial charge in [0, 0.05) is 11.8 Å². The smallest absolute Gasteiger partial charge is 0.166 e. The SMILES string of the molecule is CCOc1cccc(C=Nc2cc(C)c(C)cc2N)c1O. The van der Waals surface area contributed by atoms with Gasteiger partial charge in [0.1, 0.15) is 0 Å². The van der Waals surface area contributed by atoms with Gasteiger partial charge in [0.05, 0.1) is 18.0 Å². The molecule has 0 aromatic heterocycles. The monoisotopic (exact) mass is 284 g/mol. The fraction of sp³-hybridized carbons (Fsp3) is 0.235. The third kappa shape index (κ3) is 3.34. The Morgan fingerprint density at radius 1 is 1.24 bits per heavy atom. The second kappa shape index (κ2) is 6.31. The lowest BCUT2D eigenvalue weighted by Gasteiger charge is -2.08. The number of para-hydroxylation sites is 1. The van der Waals surface area contributed by atoms with Crippen LogP contribution >= 0.6 is 0 Å². The van der Waals surface area contributed by atoms with E-state index in [0.717, 1.165) is 11.1 Å². The van der Waals surface area contributed by atoms with E-state index in [4.69, 9.17) is 10.5 Å². The Balaban J connectivity index is 2.34. The molecule has 4 nitrogen and oxygen atoms in total. The van der Waals surface area contributed by atoms with Crippen LogP contribution in [0, 0.1) is 13.8 Å². The Morgan fingerprint density at radius 2 is 1.95 bits per heavy atom. The summed E-state index contributed by atoms with van der Waals surface area (Å²) in [6.45, 7) is 6.39. The number of nitrogen functional groups attached to an aromatic ring is 1. The molecule has 0 aliphatic carbocycles. The molecule has 0 saturated carbocycles. The van der Waals surface area contributed by atoms with Crippen molar-refractivity contribution < 1.29 is 9.84 Å². The van der Waals surface area contributed by atoms with Gasteiger partial charge in [-0.05, 0) is 56.2 Å². The summed E-state index contributed by atoms with van der Waals surface area (Å²) >= 11 is 0. The summed E-state index contributed by atoms with van der Waals surface area (Å²) in [5.74, 6) is 0.542. The van der Waals surface area contributed by atoms with Crippen molar-refractivity contribution in [3.63, 3.8) is 0 Å². The predicted octanol–water partition coefficient (Wildman–Crippen LogP) is 3.74. The summed E-state index contributed by atoms with van der Waals surface area (Å²) in [5.41, 5.74) is 10.1. The Morgan fingerprint density at radius 3 is 2.67 bits per heavy atom. The quantitative estimate of drug-likeness (QED) is 0.664. The third-order valence-corrected chi connectivity index (χ3v) is 3.32. The molecule has 0 aliphatic rings. The Hall–Kier alpha value is -2.49. The number of hydrogen-bond donors (Lipinski definition) is 2. The summed E-state index contributed by atoms with van der Waals surface area (Å²) in [6, 6.07) is 9.15. The molecular weight excluding hydrogens is 264 g/mol. The van der Waals surface area contributed by atoms with Gasteiger partial charge < -0.3 is 15.6 Å². The number of rotatable bonds is 4. The first-order valence-corrected chi connectivity index (χ1v) is 6.88. The molecule has 2 aromatic carbocycles. The second-order valence-corrected chi connectivity index (χ2v) is 4.88. The van der Waals surface area contributed by atoms with Crippen LogP contribution in [0.15, 0.2) is 35.3 Å². The Kier molecular flexibility index (Phi) is 4.48. The van der Waals surface area contributed by atoms with Crippen molar-refractivity contribution in [2.24, 2.45) is 4.99 Å². The number of aromatic hydroxyl groups is 1. The highest BCUT2D eigenvalue weighted by Gasteiger charge is 2.06. The fourth-order valence-corrected chi connectivity index (χ4v) is 1.99. The van der Waals surface area contributed by atoms with Crippen molar-refractivity contribution in [3.8, 4) is 11.5 Å². The normalized spacial score (nSPS) is 11.0. The molecule has 0 heterocycles. The first-order chi connectivity index (χ1) is 10.0. The van der Waals surface area contributed by atoms with Gasteiger partial charge in [0.15, 0.2) is 11.5 Å². The minimum atomic E-state index is 0.0884. The molecule has 0 atom stereocenters. The van der Waals surface area contributed by atoms with Crippen LogP contribution in [0.5, 0.6) is 11.5 Å². The molecule has 3 N–H and O–H groups in total. The third-order valence-electron chi connectivity index (χ3n) is 3.32. The first-order valence-electron chi connectivity index (χ1n) is 6.88. The van der Waals surface area contributed by atoms with Crippen LogP contribution in [-0.4, -0.2) is 17.9 Å². The fourth-order valence-electron chi connectivity index (χ4n) is 1.99. The van der Waals surface area contributed by atoms with Gasteiger partial charge in [-0.2, -0.15) is 0 Å². The molecule has 4 heteroatoms. The number of phenols is 1. The number of aryl methyl sites for hydroxylation is 2. The van der Waals surface area contributed by atoms with Gasteiger partial charge in [-0.3, -0.25) is 4.99 Å². The molecule has 0 unspecified atom stereocenters. The molecule has 2 aromatic rings. The lowest BCUT2D eigenvalue weighted by molar-refractivity contribution is 0.318. The highest BCUT2D eigenvalue weighted by Crippen LogP contribution is 2.30. The van der Waals surface area contributed by atoms with Crippen molar-refractivity contribution >= 4 is 17.6 Å². The summed E-state index contributed by atoms with van der Waals surface area (Å²) in [4.78, 5) is 4.37. The van der Waals surface area contributed by atoms with Crippen molar-refractivity contribution in [1.82, 2.24) is 0 Å². The highest BCUT2D eigenvalue weighted by molar-refractivity contribution is 5.88. The van der Waals surface area contributed by atoms with Crippen molar-refractivity contribution in [1.29, 1.82) is 0 Å². The summed E-state index contributed by atoms with van der Waals surface area (Å²) in [7, 11) is 0. The van der Waals surface area contributed by atoms with Gasteiger partial charge in [-0.25, -0.2) is 0 Å². The number of hydrogen-bond acceptors (Lipinski definition) is 4. The van der Waals surface area contributed by atoms with Gasteiger partial charge in [0.2, 0.25) is 0 Å². The lowest BCUT2D eigenvalue weighted by Crippen LogP contribution is -1.94. The maximum atomic E-state index is 10.1. The predicted molar refractivity (Wildman–Crippen MR) is 86.9 cm³/mol. The Bertz CT molecular complexity index is 679. The minimum Gasteiger partial charge on any atom is -0.504 e. The molecule has 0 amide bonds. The zero-order chi connectivity index (χ0) is 15.4. The maximum Gasteiger partial charge on any atom is 0.166 e. The van der Waals surface area contributed by atoms with Crippen LogP contribution in [-0.2, 0) is 0 Å². The zero-order valence-corrected chi connectivity index (χ0v) is 12.6. The number of phenolic OH excluding ortho intramolecular Hbond substituents is 1. The first kappa shape index (κ1) is 14.9. The van der Waals surface area contributed by atoms with E-state index in [0.29, 0.717) is 29.3 Å². The number of benzene rings is 2. The molecule has 0 radical (unpaired) electrons. The minimum absolute atomic E-state index is 0.0884. The number of anilines is 1. The second-order valence-electron chi connectivity index (χ2n) is 4.88. The van der Waals surface area contributed by atoms with Crippen molar-refractivity contribution in [2.45, 2.75) is 20.8 Å². The molecule has 0 saturated heterocycles. The standard InChI is InChI=1S/C17H20N2O2/c1-4-21-16-7-5-6-13(17(16)20)10-19-15-9-12(3)11(2)8-14(15)18/h5-10,20H,4,18H2,1-3H3. The van der Waals surface area contributed by atoms with E-state index in [1.165, 1.54) is 0 Å². The van der Waals surface area contributed by atoms with E-state index in [9.17, 15) is 5.11 Å².